The third kappa shape index (κ3) is 5.47. The topological polar surface area (TPSA) is 30.8 Å². The zero-order valence-electron chi connectivity index (χ0n) is 18.0. The van der Waals surface area contributed by atoms with Crippen molar-refractivity contribution in [2.24, 2.45) is 4.99 Å². The van der Waals surface area contributed by atoms with E-state index < -0.39 is 11.7 Å². The van der Waals surface area contributed by atoms with Crippen LogP contribution in [0.2, 0.25) is 0 Å². The van der Waals surface area contributed by atoms with Crippen LogP contribution in [-0.2, 0) is 6.18 Å². The second kappa shape index (κ2) is 10.4. The first-order chi connectivity index (χ1) is 15.0. The maximum absolute atomic E-state index is 12.8. The summed E-state index contributed by atoms with van der Waals surface area (Å²) in [7, 11) is 0. The molecule has 2 heterocycles. The highest BCUT2D eigenvalue weighted by atomic mass is 35.5. The fourth-order valence-corrected chi connectivity index (χ4v) is 4.07. The average molecular weight is 466 g/mol. The van der Waals surface area contributed by atoms with Gasteiger partial charge in [0.15, 0.2) is 11.5 Å². The molecule has 2 aromatic rings. The smallest absolute Gasteiger partial charge is 0.416 e. The molecule has 0 radical (unpaired) electrons. The van der Waals surface area contributed by atoms with Gasteiger partial charge in [-0.3, -0.25) is 4.99 Å². The summed E-state index contributed by atoms with van der Waals surface area (Å²) in [6, 6.07) is 9.19. The van der Waals surface area contributed by atoms with Crippen molar-refractivity contribution in [3.63, 3.8) is 0 Å². The zero-order valence-corrected chi connectivity index (χ0v) is 18.8. The van der Waals surface area contributed by atoms with Crippen molar-refractivity contribution in [1.29, 1.82) is 0 Å². The molecule has 0 amide bonds. The summed E-state index contributed by atoms with van der Waals surface area (Å²) in [6.07, 6.45) is 5.25. The monoisotopic (exact) mass is 465 g/mol. The van der Waals surface area contributed by atoms with E-state index in [4.69, 9.17) is 14.5 Å². The van der Waals surface area contributed by atoms with Gasteiger partial charge in [-0.05, 0) is 47.9 Å². The van der Waals surface area contributed by atoms with Gasteiger partial charge in [-0.2, -0.15) is 13.2 Å². The molecule has 172 valence electrons. The van der Waals surface area contributed by atoms with Gasteiger partial charge in [0, 0.05) is 18.0 Å². The van der Waals surface area contributed by atoms with E-state index in [2.05, 4.69) is 13.0 Å². The molecule has 0 N–H and O–H groups in total. The molecule has 0 saturated heterocycles. The summed E-state index contributed by atoms with van der Waals surface area (Å²) in [5, 5.41) is 0. The molecule has 32 heavy (non-hydrogen) atoms. The summed E-state index contributed by atoms with van der Waals surface area (Å²) < 4.78 is 49.5. The minimum Gasteiger partial charge on any atom is -0.454 e. The van der Waals surface area contributed by atoms with E-state index in [1.54, 1.807) is 6.08 Å². The van der Waals surface area contributed by atoms with Crippen LogP contribution in [0.15, 0.2) is 47.5 Å². The molecule has 0 aliphatic carbocycles. The molecule has 7 heteroatoms. The quantitative estimate of drug-likeness (QED) is 0.398. The van der Waals surface area contributed by atoms with Gasteiger partial charge in [0.25, 0.3) is 0 Å². The number of nitrogens with zero attached hydrogens (tertiary/aromatic N) is 1. The van der Waals surface area contributed by atoms with E-state index in [1.165, 1.54) is 43.4 Å². The van der Waals surface area contributed by atoms with Crippen molar-refractivity contribution in [2.45, 2.75) is 51.1 Å². The van der Waals surface area contributed by atoms with Crippen molar-refractivity contribution < 1.29 is 22.6 Å². The van der Waals surface area contributed by atoms with Crippen molar-refractivity contribution in [3.8, 4) is 11.5 Å². The molecule has 0 aromatic heterocycles. The Morgan fingerprint density at radius 1 is 1.00 bits per heavy atom. The largest absolute Gasteiger partial charge is 0.454 e. The van der Waals surface area contributed by atoms with E-state index in [-0.39, 0.29) is 19.2 Å². The first-order valence-corrected chi connectivity index (χ1v) is 10.8. The van der Waals surface area contributed by atoms with Crippen molar-refractivity contribution in [1.82, 2.24) is 0 Å². The van der Waals surface area contributed by atoms with Crippen LogP contribution in [0.1, 0.15) is 67.2 Å². The van der Waals surface area contributed by atoms with Gasteiger partial charge in [-0.1, -0.05) is 50.8 Å². The lowest BCUT2D eigenvalue weighted by Gasteiger charge is -2.24. The van der Waals surface area contributed by atoms with Crippen LogP contribution in [0.25, 0.3) is 6.08 Å². The summed E-state index contributed by atoms with van der Waals surface area (Å²) in [5.74, 6) is 1.82. The van der Waals surface area contributed by atoms with Crippen LogP contribution in [0, 0.1) is 0 Å². The lowest BCUT2D eigenvalue weighted by Crippen LogP contribution is -2.16. The second-order valence-electron chi connectivity index (χ2n) is 8.02. The number of rotatable bonds is 7. The average Bonchev–Trinajstić information content (AvgIpc) is 3.21. The highest BCUT2D eigenvalue weighted by Crippen LogP contribution is 2.41. The fourth-order valence-electron chi connectivity index (χ4n) is 4.07. The highest BCUT2D eigenvalue weighted by molar-refractivity contribution is 6.12. The lowest BCUT2D eigenvalue weighted by molar-refractivity contribution is -0.137. The lowest BCUT2D eigenvalue weighted by atomic mass is 9.85. The maximum Gasteiger partial charge on any atom is 0.416 e. The number of hydrogen-bond acceptors (Lipinski definition) is 3. The number of hydrogen-bond donors (Lipinski definition) is 0. The van der Waals surface area contributed by atoms with Crippen LogP contribution in [0.5, 0.6) is 11.5 Å². The fraction of sp³-hybridized carbons (Fsp3) is 0.400. The number of ether oxygens (including phenoxy) is 2. The Morgan fingerprint density at radius 2 is 1.72 bits per heavy atom. The Bertz CT molecular complexity index is 984. The number of alkyl halides is 3. The van der Waals surface area contributed by atoms with Gasteiger partial charge >= 0.3 is 6.18 Å². The number of halogens is 4. The molecule has 0 fully saturated rings. The normalized spacial score (nSPS) is 17.1. The summed E-state index contributed by atoms with van der Waals surface area (Å²) in [4.78, 5) is 4.80. The molecule has 1 atom stereocenters. The highest BCUT2D eigenvalue weighted by Gasteiger charge is 2.30. The third-order valence-electron chi connectivity index (χ3n) is 5.82. The minimum atomic E-state index is -4.33. The van der Waals surface area contributed by atoms with Crippen LogP contribution in [0.3, 0.4) is 0 Å². The first-order valence-electron chi connectivity index (χ1n) is 10.8. The summed E-state index contributed by atoms with van der Waals surface area (Å²) in [6.45, 7) is 3.12. The van der Waals surface area contributed by atoms with Crippen LogP contribution < -0.4 is 9.47 Å². The second-order valence-corrected chi connectivity index (χ2v) is 8.02. The van der Waals surface area contributed by atoms with Crippen molar-refractivity contribution in [2.75, 3.05) is 13.3 Å². The summed E-state index contributed by atoms with van der Waals surface area (Å²) >= 11 is 0. The van der Waals surface area contributed by atoms with Crippen molar-refractivity contribution in [3.05, 3.63) is 64.7 Å². The molecule has 2 aliphatic rings. The van der Waals surface area contributed by atoms with E-state index in [1.807, 2.05) is 12.1 Å². The Morgan fingerprint density at radius 3 is 2.41 bits per heavy atom. The number of aliphatic imine (C=N–C) groups is 1. The molecule has 1 unspecified atom stereocenters. The molecule has 3 nitrogen and oxygen atoms in total. The standard InChI is InChI=1S/C25H26F3NO2.ClH/c1-2-3-4-5-6-18-15-29-22(21-14-24-23(13-20(18)21)30-16-31-24)12-9-17-7-10-19(11-8-17)25(26,27)28;/h7-14,18H,2-6,15-16H2,1H3;1H. The molecule has 2 aliphatic heterocycles. The molecule has 0 spiro atoms. The van der Waals surface area contributed by atoms with Gasteiger partial charge < -0.3 is 9.47 Å². The number of benzene rings is 2. The van der Waals surface area contributed by atoms with Gasteiger partial charge in [0.1, 0.15) is 0 Å². The number of unbranched alkanes of at least 4 members (excludes halogenated alkanes) is 3. The Kier molecular flexibility index (Phi) is 7.88. The molecule has 2 aromatic carbocycles. The van der Waals surface area contributed by atoms with E-state index >= 15 is 0 Å². The zero-order chi connectivity index (χ0) is 21.8. The van der Waals surface area contributed by atoms with Gasteiger partial charge in [0.2, 0.25) is 6.79 Å². The Balaban J connectivity index is 0.00000289. The molecule has 0 bridgehead atoms. The Hall–Kier alpha value is -2.47. The van der Waals surface area contributed by atoms with Crippen LogP contribution in [-0.4, -0.2) is 19.0 Å². The molecular weight excluding hydrogens is 439 g/mol. The van der Waals surface area contributed by atoms with Gasteiger partial charge in [-0.25, -0.2) is 0 Å². The van der Waals surface area contributed by atoms with E-state index in [0.29, 0.717) is 23.8 Å². The Labute approximate surface area is 192 Å². The number of allylic oxidation sites excluding steroid dienone is 1. The first kappa shape index (κ1) is 24.2. The van der Waals surface area contributed by atoms with Gasteiger partial charge in [0.05, 0.1) is 11.3 Å². The van der Waals surface area contributed by atoms with Gasteiger partial charge in [-0.15, -0.1) is 12.4 Å². The molecule has 4 rings (SSSR count). The van der Waals surface area contributed by atoms with E-state index in [9.17, 15) is 13.2 Å². The van der Waals surface area contributed by atoms with Crippen LogP contribution in [0.4, 0.5) is 13.2 Å². The SMILES string of the molecule is CCCCCCC1CN=C(C=Cc2ccc(C(F)(F)F)cc2)c2cc3c(cc21)OCO3.Cl. The predicted molar refractivity (Wildman–Crippen MR) is 123 cm³/mol. The third-order valence-corrected chi connectivity index (χ3v) is 5.82. The summed E-state index contributed by atoms with van der Waals surface area (Å²) in [5.41, 5.74) is 3.09. The molecular formula is C25H27ClF3NO2. The van der Waals surface area contributed by atoms with Crippen LogP contribution >= 0.6 is 12.4 Å². The maximum atomic E-state index is 12.8. The van der Waals surface area contributed by atoms with E-state index in [0.717, 1.165) is 35.6 Å². The number of fused-ring (bicyclic) bond motifs is 2. The predicted octanol–water partition coefficient (Wildman–Crippen LogP) is 7.43. The van der Waals surface area contributed by atoms with Crippen molar-refractivity contribution >= 4 is 24.2 Å². The molecule has 0 saturated carbocycles. The minimum absolute atomic E-state index is 0.